The highest BCUT2D eigenvalue weighted by Crippen LogP contribution is 2.18. The summed E-state index contributed by atoms with van der Waals surface area (Å²) in [6, 6.07) is 24.1. The van der Waals surface area contributed by atoms with Crippen LogP contribution in [0.25, 0.3) is 11.0 Å². The smallest absolute Gasteiger partial charge is 0.224 e. The summed E-state index contributed by atoms with van der Waals surface area (Å²) in [6.45, 7) is 3.40. The van der Waals surface area contributed by atoms with Crippen LogP contribution in [0.1, 0.15) is 22.5 Å². The van der Waals surface area contributed by atoms with Crippen molar-refractivity contribution in [3.63, 3.8) is 0 Å². The summed E-state index contributed by atoms with van der Waals surface area (Å²) in [7, 11) is 0. The molecule has 0 saturated heterocycles. The summed E-state index contributed by atoms with van der Waals surface area (Å²) in [5.74, 6) is 0.974. The van der Waals surface area contributed by atoms with E-state index in [1.165, 1.54) is 11.1 Å². The zero-order valence-corrected chi connectivity index (χ0v) is 17.7. The van der Waals surface area contributed by atoms with Crippen molar-refractivity contribution < 1.29 is 4.79 Å². The molecule has 5 heteroatoms. The van der Waals surface area contributed by atoms with Crippen LogP contribution < -0.4 is 5.32 Å². The number of hydrogen-bond acceptors (Lipinski definition) is 2. The lowest BCUT2D eigenvalue weighted by Gasteiger charge is -2.11. The Kier molecular flexibility index (Phi) is 6.15. The van der Waals surface area contributed by atoms with Gasteiger partial charge in [0, 0.05) is 24.5 Å². The third kappa shape index (κ3) is 4.89. The first kappa shape index (κ1) is 20.2. The molecule has 0 spiro atoms. The van der Waals surface area contributed by atoms with E-state index in [0.717, 1.165) is 29.0 Å². The highest BCUT2D eigenvalue weighted by Gasteiger charge is 2.11. The van der Waals surface area contributed by atoms with Crippen LogP contribution in [0.3, 0.4) is 0 Å². The van der Waals surface area contributed by atoms with E-state index in [4.69, 9.17) is 16.6 Å². The highest BCUT2D eigenvalue weighted by atomic mass is 35.5. The van der Waals surface area contributed by atoms with Gasteiger partial charge in [-0.2, -0.15) is 0 Å². The molecule has 0 aliphatic rings. The Morgan fingerprint density at radius 1 is 0.967 bits per heavy atom. The molecule has 0 bridgehead atoms. The van der Waals surface area contributed by atoms with Gasteiger partial charge in [-0.05, 0) is 42.3 Å². The minimum absolute atomic E-state index is 0.00137. The fourth-order valence-corrected chi connectivity index (χ4v) is 3.66. The molecule has 4 rings (SSSR count). The number of halogens is 1. The number of benzene rings is 3. The number of carbonyl (C=O) groups excluding carboxylic acids is 1. The second-order valence-electron chi connectivity index (χ2n) is 7.49. The van der Waals surface area contributed by atoms with Crippen LogP contribution in [0.2, 0.25) is 5.02 Å². The molecule has 0 fully saturated rings. The molecule has 4 nitrogen and oxygen atoms in total. The number of fused-ring (bicyclic) bond motifs is 1. The Morgan fingerprint density at radius 2 is 1.67 bits per heavy atom. The van der Waals surface area contributed by atoms with E-state index in [9.17, 15) is 4.79 Å². The normalized spacial score (nSPS) is 11.0. The number of imidazole rings is 1. The van der Waals surface area contributed by atoms with E-state index >= 15 is 0 Å². The minimum atomic E-state index is -0.00137. The summed E-state index contributed by atoms with van der Waals surface area (Å²) in [6.07, 6.45) is 1.02. The van der Waals surface area contributed by atoms with Crippen LogP contribution in [0.15, 0.2) is 72.8 Å². The monoisotopic (exact) mass is 417 g/mol. The van der Waals surface area contributed by atoms with Gasteiger partial charge in [-0.3, -0.25) is 4.79 Å². The number of nitrogens with zero attached hydrogens (tertiary/aromatic N) is 2. The quantitative estimate of drug-likeness (QED) is 0.462. The first-order valence-corrected chi connectivity index (χ1v) is 10.5. The third-order valence-corrected chi connectivity index (χ3v) is 5.40. The number of rotatable bonds is 7. The Morgan fingerprint density at radius 3 is 2.43 bits per heavy atom. The molecule has 30 heavy (non-hydrogen) atoms. The van der Waals surface area contributed by atoms with Gasteiger partial charge in [-0.15, -0.1) is 0 Å². The van der Waals surface area contributed by atoms with Gasteiger partial charge < -0.3 is 9.88 Å². The molecule has 3 aromatic carbocycles. The zero-order valence-electron chi connectivity index (χ0n) is 16.9. The largest absolute Gasteiger partial charge is 0.355 e. The van der Waals surface area contributed by atoms with Crippen molar-refractivity contribution in [3.05, 3.63) is 100 Å². The predicted octanol–water partition coefficient (Wildman–Crippen LogP) is 4.95. The van der Waals surface area contributed by atoms with Crippen molar-refractivity contribution in [3.8, 4) is 0 Å². The molecule has 0 atom stereocenters. The van der Waals surface area contributed by atoms with Crippen molar-refractivity contribution in [1.82, 2.24) is 14.9 Å². The maximum absolute atomic E-state index is 12.3. The molecule has 0 saturated carbocycles. The van der Waals surface area contributed by atoms with Gasteiger partial charge in [0.1, 0.15) is 5.82 Å². The third-order valence-electron chi connectivity index (χ3n) is 5.14. The molecule has 1 amide bonds. The fraction of sp³-hybridized carbons (Fsp3) is 0.200. The van der Waals surface area contributed by atoms with Gasteiger partial charge in [0.05, 0.1) is 17.5 Å². The van der Waals surface area contributed by atoms with Gasteiger partial charge in [0.15, 0.2) is 0 Å². The van der Waals surface area contributed by atoms with Crippen LogP contribution in [0.5, 0.6) is 0 Å². The summed E-state index contributed by atoms with van der Waals surface area (Å²) in [5.41, 5.74) is 5.52. The maximum Gasteiger partial charge on any atom is 0.224 e. The van der Waals surface area contributed by atoms with Gasteiger partial charge >= 0.3 is 0 Å². The molecule has 0 aliphatic carbocycles. The Balaban J connectivity index is 1.44. The first-order valence-electron chi connectivity index (χ1n) is 10.1. The summed E-state index contributed by atoms with van der Waals surface area (Å²) >= 11 is 5.90. The van der Waals surface area contributed by atoms with Crippen LogP contribution in [-0.2, 0) is 24.2 Å². The lowest BCUT2D eigenvalue weighted by atomic mass is 10.1. The zero-order chi connectivity index (χ0) is 20.9. The second-order valence-corrected chi connectivity index (χ2v) is 7.93. The maximum atomic E-state index is 12.3. The Hall–Kier alpha value is -3.11. The molecule has 1 N–H and O–H groups in total. The van der Waals surface area contributed by atoms with E-state index in [-0.39, 0.29) is 5.91 Å². The number of para-hydroxylation sites is 2. The van der Waals surface area contributed by atoms with Gasteiger partial charge in [0.2, 0.25) is 5.91 Å². The molecular weight excluding hydrogens is 394 g/mol. The van der Waals surface area contributed by atoms with Crippen molar-refractivity contribution in [2.45, 2.75) is 26.3 Å². The average molecular weight is 418 g/mol. The van der Waals surface area contributed by atoms with E-state index in [2.05, 4.69) is 47.1 Å². The predicted molar refractivity (Wildman–Crippen MR) is 122 cm³/mol. The van der Waals surface area contributed by atoms with Crippen molar-refractivity contribution >= 4 is 28.5 Å². The molecule has 0 unspecified atom stereocenters. The molecule has 152 valence electrons. The van der Waals surface area contributed by atoms with E-state index in [1.54, 1.807) is 12.1 Å². The number of amides is 1. The molecular formula is C25H24ClN3O. The second kappa shape index (κ2) is 9.14. The lowest BCUT2D eigenvalue weighted by Crippen LogP contribution is -2.28. The first-order chi connectivity index (χ1) is 14.6. The van der Waals surface area contributed by atoms with Gasteiger partial charge in [-0.1, -0.05) is 65.7 Å². The summed E-state index contributed by atoms with van der Waals surface area (Å²) in [5, 5.41) is 3.68. The molecule has 0 radical (unpaired) electrons. The fourth-order valence-electron chi connectivity index (χ4n) is 3.53. The Bertz CT molecular complexity index is 1150. The molecule has 4 aromatic rings. The van der Waals surface area contributed by atoms with Crippen LogP contribution in [0.4, 0.5) is 0 Å². The standard InChI is InChI=1S/C25H24ClN3O/c1-18-6-8-20(9-7-18)17-29-23-5-3-2-4-22(23)28-24(29)14-15-27-25(30)16-19-10-12-21(26)13-11-19/h2-13H,14-17H2,1H3,(H,27,30). The topological polar surface area (TPSA) is 46.9 Å². The van der Waals surface area contributed by atoms with Crippen LogP contribution >= 0.6 is 11.6 Å². The number of carbonyl (C=O) groups is 1. The van der Waals surface area contributed by atoms with E-state index < -0.39 is 0 Å². The molecule has 0 aliphatic heterocycles. The minimum Gasteiger partial charge on any atom is -0.355 e. The van der Waals surface area contributed by atoms with Crippen LogP contribution in [-0.4, -0.2) is 22.0 Å². The van der Waals surface area contributed by atoms with Crippen LogP contribution in [0, 0.1) is 6.92 Å². The summed E-state index contributed by atoms with van der Waals surface area (Å²) in [4.78, 5) is 17.1. The van der Waals surface area contributed by atoms with E-state index in [0.29, 0.717) is 24.4 Å². The molecule has 1 heterocycles. The SMILES string of the molecule is Cc1ccc(Cn2c(CCNC(=O)Cc3ccc(Cl)cc3)nc3ccccc32)cc1. The van der Waals surface area contributed by atoms with Gasteiger partial charge in [0.25, 0.3) is 0 Å². The number of aromatic nitrogens is 2. The highest BCUT2D eigenvalue weighted by molar-refractivity contribution is 6.30. The van der Waals surface area contributed by atoms with Crippen molar-refractivity contribution in [1.29, 1.82) is 0 Å². The van der Waals surface area contributed by atoms with Gasteiger partial charge in [-0.25, -0.2) is 4.98 Å². The summed E-state index contributed by atoms with van der Waals surface area (Å²) < 4.78 is 2.24. The van der Waals surface area contributed by atoms with E-state index in [1.807, 2.05) is 30.3 Å². The number of nitrogens with one attached hydrogen (secondary N) is 1. The Labute approximate surface area is 181 Å². The average Bonchev–Trinajstić information content (AvgIpc) is 3.09. The van der Waals surface area contributed by atoms with Crippen molar-refractivity contribution in [2.24, 2.45) is 0 Å². The lowest BCUT2D eigenvalue weighted by molar-refractivity contribution is -0.120. The number of aryl methyl sites for hydroxylation is 1. The van der Waals surface area contributed by atoms with Crippen molar-refractivity contribution in [2.75, 3.05) is 6.54 Å². The molecule has 1 aromatic heterocycles. The number of hydrogen-bond donors (Lipinski definition) is 1.